The van der Waals surface area contributed by atoms with Gasteiger partial charge >= 0.3 is 0 Å². The summed E-state index contributed by atoms with van der Waals surface area (Å²) in [7, 11) is 0. The molecule has 4 N–H and O–H groups in total. The third kappa shape index (κ3) is 2.66. The summed E-state index contributed by atoms with van der Waals surface area (Å²) in [6.45, 7) is 1.27. The molecular weight excluding hydrogens is 218 g/mol. The van der Waals surface area contributed by atoms with Gasteiger partial charge in [-0.05, 0) is 13.0 Å². The fraction of sp³-hybridized carbons (Fsp3) is 0.300. The zero-order valence-corrected chi connectivity index (χ0v) is 8.63. The van der Waals surface area contributed by atoms with E-state index in [4.69, 9.17) is 10.8 Å². The monoisotopic (exact) mass is 230 g/mol. The fourth-order valence-electron chi connectivity index (χ4n) is 1.09. The lowest BCUT2D eigenvalue weighted by Crippen LogP contribution is -2.35. The number of anilines is 1. The van der Waals surface area contributed by atoms with E-state index in [1.807, 2.05) is 0 Å². The maximum atomic E-state index is 13.2. The average Bonchev–Trinajstić information content (AvgIpc) is 2.23. The number of nitrogens with one attached hydrogen (secondary N) is 1. The van der Waals surface area contributed by atoms with E-state index in [9.17, 15) is 13.6 Å². The van der Waals surface area contributed by atoms with E-state index >= 15 is 0 Å². The number of nitrogens with two attached hydrogens (primary N) is 1. The van der Waals surface area contributed by atoms with Gasteiger partial charge in [0.25, 0.3) is 5.91 Å². The van der Waals surface area contributed by atoms with Gasteiger partial charge in [0.1, 0.15) is 11.6 Å². The number of hydrogen-bond donors (Lipinski definition) is 3. The molecule has 0 spiro atoms. The molecular formula is C10H12F2N2O2. The highest BCUT2D eigenvalue weighted by Gasteiger charge is 2.16. The Hall–Kier alpha value is -1.69. The van der Waals surface area contributed by atoms with Crippen LogP contribution in [0.2, 0.25) is 0 Å². The molecule has 0 fully saturated rings. The second-order valence-electron chi connectivity index (χ2n) is 3.41. The van der Waals surface area contributed by atoms with Crippen LogP contribution >= 0.6 is 0 Å². The average molecular weight is 230 g/mol. The number of amides is 1. The predicted octanol–water partition coefficient (Wildman–Crippen LogP) is 0.658. The van der Waals surface area contributed by atoms with Crippen LogP contribution in [0.1, 0.15) is 17.3 Å². The number of halogens is 2. The first-order chi connectivity index (χ1) is 7.45. The van der Waals surface area contributed by atoms with Crippen molar-refractivity contribution in [3.8, 4) is 0 Å². The van der Waals surface area contributed by atoms with Crippen molar-refractivity contribution in [2.24, 2.45) is 0 Å². The minimum atomic E-state index is -0.991. The Kier molecular flexibility index (Phi) is 3.78. The van der Waals surface area contributed by atoms with Gasteiger partial charge in [-0.1, -0.05) is 0 Å². The molecule has 0 aliphatic rings. The Balaban J connectivity index is 2.96. The molecule has 88 valence electrons. The van der Waals surface area contributed by atoms with Crippen LogP contribution in [-0.4, -0.2) is 23.7 Å². The van der Waals surface area contributed by atoms with Crippen LogP contribution in [0.3, 0.4) is 0 Å². The van der Waals surface area contributed by atoms with Crippen LogP contribution in [0.25, 0.3) is 0 Å². The molecule has 0 aliphatic heterocycles. The number of nitrogen functional groups attached to an aromatic ring is 1. The van der Waals surface area contributed by atoms with E-state index in [2.05, 4.69) is 5.32 Å². The van der Waals surface area contributed by atoms with Gasteiger partial charge in [0.05, 0.1) is 17.9 Å². The summed E-state index contributed by atoms with van der Waals surface area (Å²) in [6.07, 6.45) is 0. The van der Waals surface area contributed by atoms with Crippen molar-refractivity contribution in [1.29, 1.82) is 0 Å². The highest BCUT2D eigenvalue weighted by molar-refractivity contribution is 5.95. The number of carbonyl (C=O) groups is 1. The van der Waals surface area contributed by atoms with Gasteiger partial charge in [0, 0.05) is 12.1 Å². The molecule has 0 aromatic heterocycles. The third-order valence-corrected chi connectivity index (χ3v) is 1.98. The molecule has 1 amide bonds. The summed E-state index contributed by atoms with van der Waals surface area (Å²) in [4.78, 5) is 11.5. The highest BCUT2D eigenvalue weighted by Crippen LogP contribution is 2.16. The Morgan fingerprint density at radius 1 is 1.50 bits per heavy atom. The molecule has 1 aromatic rings. The van der Waals surface area contributed by atoms with Gasteiger partial charge in [-0.15, -0.1) is 0 Å². The molecule has 0 bridgehead atoms. The fourth-order valence-corrected chi connectivity index (χ4v) is 1.09. The molecule has 1 aromatic carbocycles. The first kappa shape index (κ1) is 12.4. The molecule has 0 saturated carbocycles. The molecule has 4 nitrogen and oxygen atoms in total. The summed E-state index contributed by atoms with van der Waals surface area (Å²) in [6, 6.07) is 0.955. The minimum Gasteiger partial charge on any atom is -0.396 e. The topological polar surface area (TPSA) is 75.3 Å². The van der Waals surface area contributed by atoms with E-state index in [1.165, 1.54) is 0 Å². The molecule has 0 unspecified atom stereocenters. The first-order valence-electron chi connectivity index (χ1n) is 4.62. The van der Waals surface area contributed by atoms with Crippen molar-refractivity contribution >= 4 is 11.6 Å². The van der Waals surface area contributed by atoms with Gasteiger partial charge in [0.2, 0.25) is 0 Å². The Morgan fingerprint density at radius 2 is 2.12 bits per heavy atom. The quantitative estimate of drug-likeness (QED) is 0.667. The number of benzene rings is 1. The van der Waals surface area contributed by atoms with Crippen molar-refractivity contribution in [1.82, 2.24) is 5.32 Å². The number of aliphatic hydroxyl groups is 1. The predicted molar refractivity (Wildman–Crippen MR) is 54.8 cm³/mol. The standard InChI is InChI=1S/C10H12F2N2O2/c1-5(4-15)14-10(16)6-2-9(13)8(12)3-7(6)11/h2-3,5,15H,4,13H2,1H3,(H,14,16)/t5-/m0/s1. The van der Waals surface area contributed by atoms with Crippen LogP contribution < -0.4 is 11.1 Å². The summed E-state index contributed by atoms with van der Waals surface area (Å²) < 4.78 is 26.0. The lowest BCUT2D eigenvalue weighted by atomic mass is 10.1. The second kappa shape index (κ2) is 4.89. The molecule has 16 heavy (non-hydrogen) atoms. The number of aliphatic hydroxyl groups excluding tert-OH is 1. The Morgan fingerprint density at radius 3 is 2.69 bits per heavy atom. The number of carbonyl (C=O) groups excluding carboxylic acids is 1. The molecule has 0 aliphatic carbocycles. The molecule has 6 heteroatoms. The number of rotatable bonds is 3. The largest absolute Gasteiger partial charge is 0.396 e. The van der Waals surface area contributed by atoms with E-state index < -0.39 is 23.6 Å². The summed E-state index contributed by atoms with van der Waals surface area (Å²) in [5, 5.41) is 11.0. The van der Waals surface area contributed by atoms with Crippen molar-refractivity contribution in [3.05, 3.63) is 29.3 Å². The SMILES string of the molecule is C[C@@H](CO)NC(=O)c1cc(N)c(F)cc1F. The molecule has 1 atom stereocenters. The summed E-state index contributed by atoms with van der Waals surface area (Å²) >= 11 is 0. The van der Waals surface area contributed by atoms with E-state index in [0.717, 1.165) is 6.07 Å². The highest BCUT2D eigenvalue weighted by atomic mass is 19.1. The maximum absolute atomic E-state index is 13.2. The summed E-state index contributed by atoms with van der Waals surface area (Å²) in [5.41, 5.74) is 4.57. The Labute approximate surface area is 91.1 Å². The van der Waals surface area contributed by atoms with Crippen molar-refractivity contribution < 1.29 is 18.7 Å². The van der Waals surface area contributed by atoms with Gasteiger partial charge in [0.15, 0.2) is 0 Å². The van der Waals surface area contributed by atoms with Crippen LogP contribution in [0, 0.1) is 11.6 Å². The normalized spacial score (nSPS) is 12.2. The molecule has 0 heterocycles. The van der Waals surface area contributed by atoms with Crippen molar-refractivity contribution in [3.63, 3.8) is 0 Å². The summed E-state index contributed by atoms with van der Waals surface area (Å²) in [5.74, 6) is -2.65. The van der Waals surface area contributed by atoms with Gasteiger partial charge in [-0.2, -0.15) is 0 Å². The van der Waals surface area contributed by atoms with Gasteiger partial charge in [-0.25, -0.2) is 8.78 Å². The minimum absolute atomic E-state index is 0.274. The first-order valence-corrected chi connectivity index (χ1v) is 4.62. The van der Waals surface area contributed by atoms with Crippen molar-refractivity contribution in [2.45, 2.75) is 13.0 Å². The van der Waals surface area contributed by atoms with Gasteiger partial charge in [-0.3, -0.25) is 4.79 Å². The van der Waals surface area contributed by atoms with Crippen LogP contribution in [-0.2, 0) is 0 Å². The van der Waals surface area contributed by atoms with E-state index in [-0.39, 0.29) is 17.9 Å². The lowest BCUT2D eigenvalue weighted by molar-refractivity contribution is 0.0918. The van der Waals surface area contributed by atoms with Crippen LogP contribution in [0.5, 0.6) is 0 Å². The third-order valence-electron chi connectivity index (χ3n) is 1.98. The smallest absolute Gasteiger partial charge is 0.254 e. The van der Waals surface area contributed by atoms with E-state index in [1.54, 1.807) is 6.92 Å². The molecule has 0 radical (unpaired) electrons. The molecule has 0 saturated heterocycles. The Bertz CT molecular complexity index is 410. The zero-order chi connectivity index (χ0) is 12.3. The lowest BCUT2D eigenvalue weighted by Gasteiger charge is -2.11. The van der Waals surface area contributed by atoms with Gasteiger partial charge < -0.3 is 16.2 Å². The van der Waals surface area contributed by atoms with Crippen LogP contribution in [0.15, 0.2) is 12.1 Å². The zero-order valence-electron chi connectivity index (χ0n) is 8.63. The van der Waals surface area contributed by atoms with E-state index in [0.29, 0.717) is 6.07 Å². The van der Waals surface area contributed by atoms with Crippen LogP contribution in [0.4, 0.5) is 14.5 Å². The molecule has 1 rings (SSSR count). The second-order valence-corrected chi connectivity index (χ2v) is 3.41. The van der Waals surface area contributed by atoms with Crippen molar-refractivity contribution in [2.75, 3.05) is 12.3 Å². The number of hydrogen-bond acceptors (Lipinski definition) is 3. The maximum Gasteiger partial charge on any atom is 0.254 e.